The van der Waals surface area contributed by atoms with Crippen molar-refractivity contribution < 1.29 is 19.9 Å². The molecule has 0 aliphatic carbocycles. The number of thiophene rings is 1. The van der Waals surface area contributed by atoms with Gasteiger partial charge in [0.15, 0.2) is 0 Å². The van der Waals surface area contributed by atoms with Crippen molar-refractivity contribution in [1.82, 2.24) is 0 Å². The number of amides is 1. The van der Waals surface area contributed by atoms with Gasteiger partial charge in [-0.05, 0) is 17.5 Å². The van der Waals surface area contributed by atoms with Gasteiger partial charge >= 0.3 is 0 Å². The molecule has 0 bridgehead atoms. The molecule has 1 amide bonds. The number of aliphatic hydroxyl groups excluding tert-OH is 2. The summed E-state index contributed by atoms with van der Waals surface area (Å²) in [7, 11) is 0. The molecule has 24 heavy (non-hydrogen) atoms. The number of non-ortho nitro benzene ring substituents is 1. The van der Waals surface area contributed by atoms with Crippen LogP contribution in [0.3, 0.4) is 0 Å². The number of carbonyl (C=O) groups excluding carboxylic acids is 1. The van der Waals surface area contributed by atoms with E-state index in [-0.39, 0.29) is 30.4 Å². The van der Waals surface area contributed by atoms with E-state index >= 15 is 0 Å². The Labute approximate surface area is 146 Å². The fraction of sp³-hybridized carbons (Fsp3) is 0.267. The van der Waals surface area contributed by atoms with Crippen molar-refractivity contribution in [3.05, 3.63) is 50.7 Å². The summed E-state index contributed by atoms with van der Waals surface area (Å²) in [5.74, 6) is -0.0652. The number of nitrogens with zero attached hydrogens (tertiary/aromatic N) is 1. The molecular weight excluding hydrogens is 352 g/mol. The molecule has 1 unspecified atom stereocenters. The third-order valence-corrected chi connectivity index (χ3v) is 4.95. The first-order chi connectivity index (χ1) is 11.5. The normalized spacial score (nSPS) is 11.9. The highest BCUT2D eigenvalue weighted by Crippen LogP contribution is 2.28. The van der Waals surface area contributed by atoms with Crippen LogP contribution in [0.4, 0.5) is 11.4 Å². The lowest BCUT2D eigenvalue weighted by Crippen LogP contribution is -2.15. The molecule has 0 saturated heterocycles. The number of anilines is 1. The summed E-state index contributed by atoms with van der Waals surface area (Å²) in [5, 5.41) is 33.8. The number of aliphatic hydroxyl groups is 2. The van der Waals surface area contributed by atoms with Crippen molar-refractivity contribution in [1.29, 1.82) is 0 Å². The molecule has 0 spiro atoms. The third kappa shape index (κ3) is 5.60. The van der Waals surface area contributed by atoms with Gasteiger partial charge in [0, 0.05) is 33.3 Å². The van der Waals surface area contributed by atoms with Gasteiger partial charge in [-0.15, -0.1) is 23.1 Å². The van der Waals surface area contributed by atoms with Crippen molar-refractivity contribution in [3.63, 3.8) is 0 Å². The lowest BCUT2D eigenvalue weighted by Gasteiger charge is -2.09. The van der Waals surface area contributed by atoms with Crippen molar-refractivity contribution in [2.24, 2.45) is 0 Å². The van der Waals surface area contributed by atoms with Crippen molar-refractivity contribution >= 4 is 40.4 Å². The Morgan fingerprint density at radius 3 is 2.83 bits per heavy atom. The Balaban J connectivity index is 2.10. The smallest absolute Gasteiger partial charge is 0.272 e. The van der Waals surface area contributed by atoms with Gasteiger partial charge in [0.1, 0.15) is 0 Å². The molecule has 9 heteroatoms. The average molecular weight is 368 g/mol. The van der Waals surface area contributed by atoms with Gasteiger partial charge in [-0.25, -0.2) is 0 Å². The zero-order valence-corrected chi connectivity index (χ0v) is 14.2. The van der Waals surface area contributed by atoms with E-state index in [4.69, 9.17) is 5.11 Å². The summed E-state index contributed by atoms with van der Waals surface area (Å²) >= 11 is 2.63. The van der Waals surface area contributed by atoms with E-state index < -0.39 is 11.0 Å². The van der Waals surface area contributed by atoms with Crippen LogP contribution in [0.5, 0.6) is 0 Å². The number of hydrogen-bond acceptors (Lipinski definition) is 7. The number of nitro benzene ring substituents is 1. The van der Waals surface area contributed by atoms with Crippen molar-refractivity contribution in [2.75, 3.05) is 17.7 Å². The first-order valence-corrected chi connectivity index (χ1v) is 8.88. The molecule has 3 N–H and O–H groups in total. The third-order valence-electron chi connectivity index (χ3n) is 2.95. The van der Waals surface area contributed by atoms with Crippen molar-refractivity contribution in [3.8, 4) is 0 Å². The first-order valence-electron chi connectivity index (χ1n) is 7.01. The summed E-state index contributed by atoms with van der Waals surface area (Å²) in [6.07, 6.45) is -0.711. The van der Waals surface area contributed by atoms with Gasteiger partial charge in [0.25, 0.3) is 5.69 Å². The maximum Gasteiger partial charge on any atom is 0.272 e. The fourth-order valence-corrected chi connectivity index (χ4v) is 3.47. The topological polar surface area (TPSA) is 113 Å². The first kappa shape index (κ1) is 18.4. The second-order valence-corrected chi connectivity index (χ2v) is 7.05. The molecule has 7 nitrogen and oxygen atoms in total. The largest absolute Gasteiger partial charge is 0.394 e. The van der Waals surface area contributed by atoms with E-state index in [9.17, 15) is 20.0 Å². The average Bonchev–Trinajstić information content (AvgIpc) is 3.04. The molecule has 2 aromatic rings. The van der Waals surface area contributed by atoms with Crippen LogP contribution in [0, 0.1) is 10.1 Å². The summed E-state index contributed by atoms with van der Waals surface area (Å²) in [5.41, 5.74) is 0.177. The molecule has 0 fully saturated rings. The molecule has 0 aliphatic heterocycles. The Morgan fingerprint density at radius 1 is 1.42 bits per heavy atom. The van der Waals surface area contributed by atoms with Crippen LogP contribution in [-0.2, 0) is 11.2 Å². The number of hydrogen-bond donors (Lipinski definition) is 3. The molecule has 0 aliphatic rings. The summed E-state index contributed by atoms with van der Waals surface area (Å²) in [4.78, 5) is 24.0. The molecule has 1 heterocycles. The quantitative estimate of drug-likeness (QED) is 0.374. The number of carbonyl (C=O) groups is 1. The minimum Gasteiger partial charge on any atom is -0.394 e. The molecule has 128 valence electrons. The van der Waals surface area contributed by atoms with Crippen LogP contribution in [-0.4, -0.2) is 39.5 Å². The van der Waals surface area contributed by atoms with Crippen LogP contribution in [0.15, 0.2) is 40.6 Å². The number of thioether (sulfide) groups is 1. The van der Waals surface area contributed by atoms with Gasteiger partial charge in [0.2, 0.25) is 5.91 Å². The lowest BCUT2D eigenvalue weighted by atomic mass is 10.2. The van der Waals surface area contributed by atoms with E-state index in [1.54, 1.807) is 6.07 Å². The number of nitrogens with one attached hydrogen (secondary N) is 1. The van der Waals surface area contributed by atoms with Crippen LogP contribution in [0.1, 0.15) is 4.88 Å². The fourth-order valence-electron chi connectivity index (χ4n) is 1.87. The maximum atomic E-state index is 12.0. The van der Waals surface area contributed by atoms with Gasteiger partial charge in [-0.3, -0.25) is 14.9 Å². The van der Waals surface area contributed by atoms with Crippen LogP contribution >= 0.6 is 23.1 Å². The minimum absolute atomic E-state index is 0.148. The number of rotatable bonds is 8. The van der Waals surface area contributed by atoms with E-state index in [1.165, 1.54) is 35.2 Å². The zero-order chi connectivity index (χ0) is 17.5. The highest BCUT2D eigenvalue weighted by atomic mass is 32.2. The molecule has 1 aromatic heterocycles. The van der Waals surface area contributed by atoms with Gasteiger partial charge in [0.05, 0.1) is 24.1 Å². The van der Waals surface area contributed by atoms with E-state index in [0.717, 1.165) is 4.88 Å². The SMILES string of the molecule is O=C(Cc1cccs1)Nc1cc(SCC(O)CO)cc([N+](=O)[O-])c1. The van der Waals surface area contributed by atoms with Gasteiger partial charge in [-0.2, -0.15) is 0 Å². The highest BCUT2D eigenvalue weighted by molar-refractivity contribution is 7.99. The molecular formula is C15H16N2O5S2. The summed E-state index contributed by atoms with van der Waals surface area (Å²) < 4.78 is 0. The maximum absolute atomic E-state index is 12.0. The number of benzene rings is 1. The lowest BCUT2D eigenvalue weighted by molar-refractivity contribution is -0.385. The number of nitro groups is 1. The van der Waals surface area contributed by atoms with Gasteiger partial charge in [-0.1, -0.05) is 6.07 Å². The van der Waals surface area contributed by atoms with Crippen LogP contribution in [0.25, 0.3) is 0 Å². The van der Waals surface area contributed by atoms with Gasteiger partial charge < -0.3 is 15.5 Å². The molecule has 0 saturated carbocycles. The Hall–Kier alpha value is -1.94. The van der Waals surface area contributed by atoms with E-state index in [0.29, 0.717) is 10.6 Å². The standard InChI is InChI=1S/C15H16N2O5S2/c18-8-12(19)9-24-14-5-10(4-11(6-14)17(21)22)16-15(20)7-13-2-1-3-23-13/h1-6,12,18-19H,7-9H2,(H,16,20). The van der Waals surface area contributed by atoms with E-state index in [1.807, 2.05) is 17.5 Å². The predicted octanol–water partition coefficient (Wildman–Crippen LogP) is 2.28. The second kappa shape index (κ2) is 8.78. The summed E-state index contributed by atoms with van der Waals surface area (Å²) in [6.45, 7) is -0.383. The predicted molar refractivity (Wildman–Crippen MR) is 93.6 cm³/mol. The molecule has 2 rings (SSSR count). The van der Waals surface area contributed by atoms with E-state index in [2.05, 4.69) is 5.32 Å². The molecule has 1 aromatic carbocycles. The van der Waals surface area contributed by atoms with Crippen LogP contribution in [0.2, 0.25) is 0 Å². The highest BCUT2D eigenvalue weighted by Gasteiger charge is 2.13. The van der Waals surface area contributed by atoms with Crippen LogP contribution < -0.4 is 5.32 Å². The Kier molecular flexibility index (Phi) is 6.73. The Bertz CT molecular complexity index is 706. The Morgan fingerprint density at radius 2 is 2.21 bits per heavy atom. The minimum atomic E-state index is -0.911. The molecule has 0 radical (unpaired) electrons. The second-order valence-electron chi connectivity index (χ2n) is 4.92. The monoisotopic (exact) mass is 368 g/mol. The van der Waals surface area contributed by atoms with Crippen molar-refractivity contribution in [2.45, 2.75) is 17.4 Å². The summed E-state index contributed by atoms with van der Waals surface area (Å²) in [6, 6.07) is 7.95. The molecule has 1 atom stereocenters. The zero-order valence-electron chi connectivity index (χ0n) is 12.5.